The van der Waals surface area contributed by atoms with Gasteiger partial charge >= 0.3 is 5.97 Å². The highest BCUT2D eigenvalue weighted by atomic mass is 35.5. The summed E-state index contributed by atoms with van der Waals surface area (Å²) in [6, 6.07) is 18.0. The third-order valence-corrected chi connectivity index (χ3v) is 5.82. The summed E-state index contributed by atoms with van der Waals surface area (Å²) in [5.41, 5.74) is 1.55. The van der Waals surface area contributed by atoms with Crippen molar-refractivity contribution in [3.8, 4) is 23.0 Å². The summed E-state index contributed by atoms with van der Waals surface area (Å²) >= 11 is 6.87. The number of aliphatic carboxylic acids is 1. The van der Waals surface area contributed by atoms with Crippen molar-refractivity contribution in [3.63, 3.8) is 0 Å². The van der Waals surface area contributed by atoms with Crippen LogP contribution in [0.15, 0.2) is 81.3 Å². The normalized spacial score (nSPS) is 11.3. The zero-order chi connectivity index (χ0) is 24.8. The van der Waals surface area contributed by atoms with Crippen molar-refractivity contribution in [2.75, 3.05) is 7.11 Å². The van der Waals surface area contributed by atoms with E-state index >= 15 is 0 Å². The fraction of sp³-hybridized carbons (Fsp3) is 0.0800. The maximum absolute atomic E-state index is 13.7. The molecule has 10 heteroatoms. The molecule has 0 atom stereocenters. The van der Waals surface area contributed by atoms with Gasteiger partial charge in [-0.05, 0) is 59.8 Å². The second-order valence-corrected chi connectivity index (χ2v) is 8.51. The van der Waals surface area contributed by atoms with Crippen molar-refractivity contribution in [2.45, 2.75) is 11.8 Å². The Kier molecular flexibility index (Phi) is 7.69. The van der Waals surface area contributed by atoms with Crippen LogP contribution < -0.4 is 9.47 Å². The molecule has 0 aliphatic carbocycles. The highest BCUT2D eigenvalue weighted by Crippen LogP contribution is 2.35. The maximum atomic E-state index is 13.7. The zero-order valence-corrected chi connectivity index (χ0v) is 19.8. The van der Waals surface area contributed by atoms with E-state index in [1.54, 1.807) is 60.7 Å². The second-order valence-electron chi connectivity index (χ2n) is 7.08. The minimum absolute atomic E-state index is 0.0294. The van der Waals surface area contributed by atoms with Crippen LogP contribution >= 0.6 is 23.4 Å². The first-order valence-electron chi connectivity index (χ1n) is 10.2. The molecule has 0 radical (unpaired) electrons. The molecule has 1 aromatic heterocycles. The molecule has 1 N–H and O–H groups in total. The van der Waals surface area contributed by atoms with E-state index in [4.69, 9.17) is 25.5 Å². The second kappa shape index (κ2) is 11.1. The molecule has 0 aliphatic rings. The number of rotatable bonds is 9. The smallest absolute Gasteiger partial charge is 0.342 e. The molecule has 7 nitrogen and oxygen atoms in total. The van der Waals surface area contributed by atoms with E-state index < -0.39 is 5.97 Å². The van der Waals surface area contributed by atoms with E-state index in [0.717, 1.165) is 11.8 Å². The highest BCUT2D eigenvalue weighted by Gasteiger charge is 2.18. The number of carbonyl (C=O) groups is 1. The van der Waals surface area contributed by atoms with Gasteiger partial charge in [0.25, 0.3) is 11.1 Å². The molecule has 0 aliphatic heterocycles. The quantitative estimate of drug-likeness (QED) is 0.205. The predicted molar refractivity (Wildman–Crippen MR) is 130 cm³/mol. The summed E-state index contributed by atoms with van der Waals surface area (Å²) in [6.45, 7) is 0.0784. The van der Waals surface area contributed by atoms with Gasteiger partial charge < -0.3 is 19.0 Å². The van der Waals surface area contributed by atoms with E-state index in [0.29, 0.717) is 33.2 Å². The van der Waals surface area contributed by atoms with Crippen LogP contribution in [0.3, 0.4) is 0 Å². The van der Waals surface area contributed by atoms with Gasteiger partial charge in [-0.3, -0.25) is 0 Å². The number of hydrogen-bond donors (Lipinski definition) is 1. The average molecular weight is 513 g/mol. The van der Waals surface area contributed by atoms with Crippen molar-refractivity contribution in [3.05, 3.63) is 93.6 Å². The predicted octanol–water partition coefficient (Wildman–Crippen LogP) is 6.33. The average Bonchev–Trinajstić information content (AvgIpc) is 3.32. The van der Waals surface area contributed by atoms with Gasteiger partial charge in [0.15, 0.2) is 0 Å². The largest absolute Gasteiger partial charge is 0.496 e. The number of methoxy groups -OCH3 is 1. The fourth-order valence-electron chi connectivity index (χ4n) is 3.02. The van der Waals surface area contributed by atoms with E-state index in [2.05, 4.69) is 10.2 Å². The summed E-state index contributed by atoms with van der Waals surface area (Å²) in [5.74, 6) is -0.344. The van der Waals surface area contributed by atoms with Crippen LogP contribution in [-0.4, -0.2) is 28.4 Å². The number of thioether (sulfide) groups is 1. The number of carboxylic acids is 1. The van der Waals surface area contributed by atoms with Crippen molar-refractivity contribution in [1.29, 1.82) is 0 Å². The first kappa shape index (κ1) is 24.3. The first-order chi connectivity index (χ1) is 16.9. The lowest BCUT2D eigenvalue weighted by Crippen LogP contribution is -1.98. The third-order valence-electron chi connectivity index (χ3n) is 4.74. The Labute approximate surface area is 209 Å². The molecule has 0 spiro atoms. The Morgan fingerprint density at radius 1 is 1.14 bits per heavy atom. The molecule has 0 bridgehead atoms. The first-order valence-corrected chi connectivity index (χ1v) is 11.4. The Hall–Kier alpha value is -3.82. The lowest BCUT2D eigenvalue weighted by atomic mass is 10.2. The number of ether oxygens (including phenoxy) is 2. The number of aromatic nitrogens is 2. The summed E-state index contributed by atoms with van der Waals surface area (Å²) < 4.78 is 30.3. The number of halogens is 2. The van der Waals surface area contributed by atoms with E-state index in [9.17, 15) is 14.3 Å². The van der Waals surface area contributed by atoms with Crippen LogP contribution in [0.1, 0.15) is 11.1 Å². The number of nitrogens with zero attached hydrogens (tertiary/aromatic N) is 2. The molecule has 0 unspecified atom stereocenters. The van der Waals surface area contributed by atoms with Crippen molar-refractivity contribution in [2.24, 2.45) is 0 Å². The minimum atomic E-state index is -1.16. The Balaban J connectivity index is 1.47. The standard InChI is InChI=1S/C25H18ClFN2O5S/c1-32-21-11-8-17(26)13-19(21)23-28-29-25(34-23)35-22(24(30)31)12-15-6-9-18(10-7-15)33-14-16-4-2-3-5-20(16)27/h2-13H,14H2,1H3,(H,30,31)/b22-12-. The topological polar surface area (TPSA) is 94.7 Å². The van der Waals surface area contributed by atoms with Crippen LogP contribution in [0, 0.1) is 5.82 Å². The van der Waals surface area contributed by atoms with Gasteiger partial charge in [0.1, 0.15) is 28.8 Å². The molecule has 0 saturated heterocycles. The minimum Gasteiger partial charge on any atom is -0.496 e. The lowest BCUT2D eigenvalue weighted by Gasteiger charge is -2.07. The molecule has 1 heterocycles. The van der Waals surface area contributed by atoms with E-state index in [1.165, 1.54) is 19.3 Å². The third kappa shape index (κ3) is 6.20. The Bertz CT molecular complexity index is 1370. The molecule has 178 valence electrons. The Morgan fingerprint density at radius 3 is 2.63 bits per heavy atom. The van der Waals surface area contributed by atoms with Crippen molar-refractivity contribution in [1.82, 2.24) is 10.2 Å². The van der Waals surface area contributed by atoms with Gasteiger partial charge in [0, 0.05) is 10.6 Å². The van der Waals surface area contributed by atoms with E-state index in [-0.39, 0.29) is 28.4 Å². The molecule has 4 aromatic rings. The van der Waals surface area contributed by atoms with Crippen LogP contribution in [0.2, 0.25) is 5.02 Å². The summed E-state index contributed by atoms with van der Waals surface area (Å²) in [6.07, 6.45) is 1.47. The molecular formula is C25H18ClFN2O5S. The molecular weight excluding hydrogens is 495 g/mol. The highest BCUT2D eigenvalue weighted by molar-refractivity contribution is 8.03. The SMILES string of the molecule is COc1ccc(Cl)cc1-c1nnc(S/C(=C\c2ccc(OCc3ccccc3F)cc2)C(=O)O)o1. The molecule has 0 amide bonds. The molecule has 4 rings (SSSR count). The van der Waals surface area contributed by atoms with Gasteiger partial charge in [-0.15, -0.1) is 10.2 Å². The van der Waals surface area contributed by atoms with Gasteiger partial charge in [-0.25, -0.2) is 9.18 Å². The molecule has 35 heavy (non-hydrogen) atoms. The van der Waals surface area contributed by atoms with Crippen LogP contribution in [0.25, 0.3) is 17.5 Å². The van der Waals surface area contributed by atoms with Crippen LogP contribution in [0.4, 0.5) is 4.39 Å². The lowest BCUT2D eigenvalue weighted by molar-refractivity contribution is -0.131. The van der Waals surface area contributed by atoms with Crippen LogP contribution in [-0.2, 0) is 11.4 Å². The van der Waals surface area contributed by atoms with Gasteiger partial charge in [-0.2, -0.15) is 0 Å². The number of carboxylic acid groups (broad SMARTS) is 1. The van der Waals surface area contributed by atoms with Gasteiger partial charge in [0.05, 0.1) is 12.7 Å². The van der Waals surface area contributed by atoms with E-state index in [1.807, 2.05) is 0 Å². The molecule has 3 aromatic carbocycles. The van der Waals surface area contributed by atoms with Gasteiger partial charge in [0.2, 0.25) is 0 Å². The van der Waals surface area contributed by atoms with Gasteiger partial charge in [-0.1, -0.05) is 41.9 Å². The summed E-state index contributed by atoms with van der Waals surface area (Å²) in [7, 11) is 1.50. The Morgan fingerprint density at radius 2 is 1.91 bits per heavy atom. The summed E-state index contributed by atoms with van der Waals surface area (Å²) in [5, 5.41) is 18.1. The number of hydrogen-bond acceptors (Lipinski definition) is 7. The van der Waals surface area contributed by atoms with Crippen molar-refractivity contribution >= 4 is 35.4 Å². The monoisotopic (exact) mass is 512 g/mol. The zero-order valence-electron chi connectivity index (χ0n) is 18.3. The molecule has 0 fully saturated rings. The van der Waals surface area contributed by atoms with Crippen LogP contribution in [0.5, 0.6) is 11.5 Å². The fourth-order valence-corrected chi connectivity index (χ4v) is 3.87. The summed E-state index contributed by atoms with van der Waals surface area (Å²) in [4.78, 5) is 11.8. The molecule has 0 saturated carbocycles. The number of benzene rings is 3. The maximum Gasteiger partial charge on any atom is 0.342 e. The van der Waals surface area contributed by atoms with Crippen molar-refractivity contribution < 1.29 is 28.2 Å².